The molecule has 2 heteroatoms. The highest BCUT2D eigenvalue weighted by Crippen LogP contribution is 2.37. The molecule has 0 spiro atoms. The largest absolute Gasteiger partial charge is 0.345 e. The van der Waals surface area contributed by atoms with Crippen molar-refractivity contribution in [3.8, 4) is 0 Å². The minimum Gasteiger partial charge on any atom is -0.345 e. The first-order valence-corrected chi connectivity index (χ1v) is 6.47. The average molecular weight is 231 g/mol. The maximum absolute atomic E-state index is 12.4. The van der Waals surface area contributed by atoms with Gasteiger partial charge < -0.3 is 4.90 Å². The van der Waals surface area contributed by atoms with Crippen molar-refractivity contribution < 1.29 is 4.79 Å². The lowest BCUT2D eigenvalue weighted by Gasteiger charge is -2.40. The van der Waals surface area contributed by atoms with Crippen LogP contribution in [0.4, 0.5) is 0 Å². The summed E-state index contributed by atoms with van der Waals surface area (Å²) < 4.78 is 0. The highest BCUT2D eigenvalue weighted by atomic mass is 16.2. The van der Waals surface area contributed by atoms with Crippen molar-refractivity contribution in [3.63, 3.8) is 0 Å². The summed E-state index contributed by atoms with van der Waals surface area (Å²) >= 11 is 0. The zero-order valence-electron chi connectivity index (χ0n) is 10.8. The van der Waals surface area contributed by atoms with Gasteiger partial charge in [-0.25, -0.2) is 0 Å². The summed E-state index contributed by atoms with van der Waals surface area (Å²) in [5, 5.41) is 0. The fourth-order valence-electron chi connectivity index (χ4n) is 2.87. The van der Waals surface area contributed by atoms with Crippen LogP contribution in [0.25, 0.3) is 0 Å². The number of carbonyl (C=O) groups excluding carboxylic acids is 1. The fraction of sp³-hybridized carbons (Fsp3) is 0.533. The summed E-state index contributed by atoms with van der Waals surface area (Å²) in [7, 11) is 1.93. The molecule has 0 bridgehead atoms. The molecule has 17 heavy (non-hydrogen) atoms. The Kier molecular flexibility index (Phi) is 3.51. The van der Waals surface area contributed by atoms with Gasteiger partial charge in [0.1, 0.15) is 0 Å². The van der Waals surface area contributed by atoms with Crippen LogP contribution in [0, 0.1) is 5.41 Å². The third-order valence-electron chi connectivity index (χ3n) is 4.01. The molecule has 1 aromatic carbocycles. The van der Waals surface area contributed by atoms with Crippen LogP contribution in [-0.2, 0) is 11.2 Å². The molecule has 1 unspecified atom stereocenters. The van der Waals surface area contributed by atoms with E-state index in [1.165, 1.54) is 5.56 Å². The Morgan fingerprint density at radius 3 is 2.65 bits per heavy atom. The number of nitrogens with zero attached hydrogens (tertiary/aromatic N) is 1. The van der Waals surface area contributed by atoms with Gasteiger partial charge in [0.2, 0.25) is 5.91 Å². The lowest BCUT2D eigenvalue weighted by Crippen LogP contribution is -2.47. The van der Waals surface area contributed by atoms with Crippen LogP contribution >= 0.6 is 0 Å². The van der Waals surface area contributed by atoms with Gasteiger partial charge >= 0.3 is 0 Å². The molecular formula is C15H21NO. The first-order chi connectivity index (χ1) is 8.18. The topological polar surface area (TPSA) is 20.3 Å². The summed E-state index contributed by atoms with van der Waals surface area (Å²) in [5.74, 6) is 0.329. The maximum Gasteiger partial charge on any atom is 0.228 e. The van der Waals surface area contributed by atoms with E-state index < -0.39 is 0 Å². The van der Waals surface area contributed by atoms with Gasteiger partial charge in [0.15, 0.2) is 0 Å². The summed E-state index contributed by atoms with van der Waals surface area (Å²) in [6.07, 6.45) is 3.98. The van der Waals surface area contributed by atoms with E-state index in [4.69, 9.17) is 0 Å². The van der Waals surface area contributed by atoms with Crippen molar-refractivity contribution in [1.82, 2.24) is 4.90 Å². The Bertz CT molecular complexity index is 387. The number of amides is 1. The van der Waals surface area contributed by atoms with Gasteiger partial charge in [0, 0.05) is 13.6 Å². The minimum absolute atomic E-state index is 0.158. The van der Waals surface area contributed by atoms with Crippen LogP contribution < -0.4 is 0 Å². The molecule has 0 saturated carbocycles. The smallest absolute Gasteiger partial charge is 0.228 e. The molecule has 1 aliphatic heterocycles. The van der Waals surface area contributed by atoms with Crippen LogP contribution in [0.1, 0.15) is 31.7 Å². The highest BCUT2D eigenvalue weighted by Gasteiger charge is 2.40. The molecule has 1 fully saturated rings. The number of hydrogen-bond donors (Lipinski definition) is 0. The Labute approximate surface area is 104 Å². The Balaban J connectivity index is 2.22. The van der Waals surface area contributed by atoms with Gasteiger partial charge in [-0.3, -0.25) is 4.79 Å². The standard InChI is InChI=1S/C15H21NO/c1-3-15(10-7-11-16(2)14(15)17)12-13-8-5-4-6-9-13/h4-6,8-9H,3,7,10-12H2,1-2H3. The molecule has 1 aromatic rings. The second-order valence-corrected chi connectivity index (χ2v) is 5.13. The first-order valence-electron chi connectivity index (χ1n) is 6.47. The van der Waals surface area contributed by atoms with Crippen LogP contribution in [0.5, 0.6) is 0 Å². The van der Waals surface area contributed by atoms with Gasteiger partial charge in [-0.15, -0.1) is 0 Å². The molecule has 1 aliphatic rings. The molecule has 92 valence electrons. The van der Waals surface area contributed by atoms with E-state index in [-0.39, 0.29) is 5.41 Å². The number of piperidine rings is 1. The third-order valence-corrected chi connectivity index (χ3v) is 4.01. The minimum atomic E-state index is -0.158. The summed E-state index contributed by atoms with van der Waals surface area (Å²) in [4.78, 5) is 14.3. The van der Waals surface area contributed by atoms with Gasteiger partial charge in [0.05, 0.1) is 5.41 Å². The van der Waals surface area contributed by atoms with E-state index in [1.54, 1.807) is 0 Å². The molecule has 1 amide bonds. The normalized spacial score (nSPS) is 25.1. The predicted octanol–water partition coefficient (Wildman–Crippen LogP) is 2.88. The second kappa shape index (κ2) is 4.91. The van der Waals surface area contributed by atoms with Crippen LogP contribution in [0.15, 0.2) is 30.3 Å². The SMILES string of the molecule is CCC1(Cc2ccccc2)CCCN(C)C1=O. The number of rotatable bonds is 3. The number of benzene rings is 1. The molecule has 0 N–H and O–H groups in total. The Morgan fingerprint density at radius 2 is 2.00 bits per heavy atom. The van der Waals surface area contributed by atoms with Gasteiger partial charge in [-0.2, -0.15) is 0 Å². The zero-order chi connectivity index (χ0) is 12.3. The van der Waals surface area contributed by atoms with Gasteiger partial charge in [0.25, 0.3) is 0 Å². The van der Waals surface area contributed by atoms with Crippen LogP contribution in [-0.4, -0.2) is 24.4 Å². The molecule has 0 aromatic heterocycles. The molecule has 1 saturated heterocycles. The van der Waals surface area contributed by atoms with E-state index in [1.807, 2.05) is 18.0 Å². The molecule has 1 heterocycles. The van der Waals surface area contributed by atoms with Crippen LogP contribution in [0.2, 0.25) is 0 Å². The van der Waals surface area contributed by atoms with Crippen molar-refractivity contribution in [2.24, 2.45) is 5.41 Å². The highest BCUT2D eigenvalue weighted by molar-refractivity contribution is 5.83. The lowest BCUT2D eigenvalue weighted by atomic mass is 9.72. The maximum atomic E-state index is 12.4. The van der Waals surface area contributed by atoms with E-state index in [0.717, 1.165) is 32.2 Å². The third kappa shape index (κ3) is 2.36. The van der Waals surface area contributed by atoms with Crippen molar-refractivity contribution in [3.05, 3.63) is 35.9 Å². The van der Waals surface area contributed by atoms with E-state index in [2.05, 4.69) is 31.2 Å². The number of hydrogen-bond acceptors (Lipinski definition) is 1. The van der Waals surface area contributed by atoms with Crippen molar-refractivity contribution in [2.45, 2.75) is 32.6 Å². The molecule has 0 aliphatic carbocycles. The monoisotopic (exact) mass is 231 g/mol. The van der Waals surface area contributed by atoms with Crippen molar-refractivity contribution >= 4 is 5.91 Å². The number of likely N-dealkylation sites (tertiary alicyclic amines) is 1. The summed E-state index contributed by atoms with van der Waals surface area (Å²) in [5.41, 5.74) is 1.12. The predicted molar refractivity (Wildman–Crippen MR) is 69.7 cm³/mol. The Morgan fingerprint density at radius 1 is 1.29 bits per heavy atom. The zero-order valence-corrected chi connectivity index (χ0v) is 10.8. The lowest BCUT2D eigenvalue weighted by molar-refractivity contribution is -0.145. The van der Waals surface area contributed by atoms with Gasteiger partial charge in [-0.1, -0.05) is 37.3 Å². The summed E-state index contributed by atoms with van der Waals surface area (Å²) in [6, 6.07) is 10.4. The van der Waals surface area contributed by atoms with E-state index in [9.17, 15) is 4.79 Å². The molecule has 2 nitrogen and oxygen atoms in total. The van der Waals surface area contributed by atoms with Gasteiger partial charge in [-0.05, 0) is 31.2 Å². The van der Waals surface area contributed by atoms with E-state index >= 15 is 0 Å². The molecule has 2 rings (SSSR count). The van der Waals surface area contributed by atoms with E-state index in [0.29, 0.717) is 5.91 Å². The Hall–Kier alpha value is -1.31. The number of carbonyl (C=O) groups is 1. The quantitative estimate of drug-likeness (QED) is 0.783. The molecule has 1 atom stereocenters. The van der Waals surface area contributed by atoms with Crippen molar-refractivity contribution in [2.75, 3.05) is 13.6 Å². The van der Waals surface area contributed by atoms with Crippen molar-refractivity contribution in [1.29, 1.82) is 0 Å². The summed E-state index contributed by atoms with van der Waals surface area (Å²) in [6.45, 7) is 3.05. The average Bonchev–Trinajstić information content (AvgIpc) is 2.36. The fourth-order valence-corrected chi connectivity index (χ4v) is 2.87. The second-order valence-electron chi connectivity index (χ2n) is 5.13. The molecule has 0 radical (unpaired) electrons. The van der Waals surface area contributed by atoms with Crippen LogP contribution in [0.3, 0.4) is 0 Å². The molecular weight excluding hydrogens is 210 g/mol. The first kappa shape index (κ1) is 12.2.